The molecule has 1 aromatic rings. The first-order chi connectivity index (χ1) is 7.92. The molecule has 1 saturated heterocycles. The minimum atomic E-state index is 0.711. The summed E-state index contributed by atoms with van der Waals surface area (Å²) in [5.74, 6) is 2.28. The zero-order valence-electron chi connectivity index (χ0n) is 9.30. The van der Waals surface area contributed by atoms with Gasteiger partial charge in [-0.15, -0.1) is 5.10 Å². The second-order valence-electron chi connectivity index (χ2n) is 4.57. The van der Waals surface area contributed by atoms with Crippen LogP contribution in [0.15, 0.2) is 0 Å². The highest BCUT2D eigenvalue weighted by molar-refractivity contribution is 8.00. The lowest BCUT2D eigenvalue weighted by atomic mass is 10.2. The van der Waals surface area contributed by atoms with Gasteiger partial charge in [-0.3, -0.25) is 0 Å². The van der Waals surface area contributed by atoms with Gasteiger partial charge in [-0.1, -0.05) is 0 Å². The molecule has 1 aromatic heterocycles. The second-order valence-corrected chi connectivity index (χ2v) is 5.98. The normalized spacial score (nSPS) is 25.1. The second kappa shape index (κ2) is 4.71. The van der Waals surface area contributed by atoms with E-state index >= 15 is 0 Å². The van der Waals surface area contributed by atoms with E-state index in [1.165, 1.54) is 31.4 Å². The van der Waals surface area contributed by atoms with Crippen LogP contribution in [0.3, 0.4) is 0 Å². The van der Waals surface area contributed by atoms with Gasteiger partial charge >= 0.3 is 0 Å². The van der Waals surface area contributed by atoms with Crippen LogP contribution in [0.4, 0.5) is 0 Å². The van der Waals surface area contributed by atoms with Gasteiger partial charge < -0.3 is 5.32 Å². The Kier molecular flexibility index (Phi) is 3.10. The van der Waals surface area contributed by atoms with Crippen molar-refractivity contribution in [3.63, 3.8) is 0 Å². The lowest BCUT2D eigenvalue weighted by Gasteiger charge is -2.09. The highest BCUT2D eigenvalue weighted by atomic mass is 32.2. The Morgan fingerprint density at radius 2 is 2.31 bits per heavy atom. The van der Waals surface area contributed by atoms with Crippen molar-refractivity contribution in [1.29, 1.82) is 0 Å². The van der Waals surface area contributed by atoms with E-state index in [2.05, 4.69) is 20.8 Å². The standard InChI is InChI=1S/C10H17N5S/c1-2-9(16-5-1)7-15-10(12-13-14-15)6-11-8-3-4-8/h8-9,11H,1-7H2. The number of nitrogens with zero attached hydrogens (tertiary/aromatic N) is 4. The molecule has 1 saturated carbocycles. The highest BCUT2D eigenvalue weighted by Gasteiger charge is 2.22. The van der Waals surface area contributed by atoms with Gasteiger partial charge in [-0.2, -0.15) is 11.8 Å². The van der Waals surface area contributed by atoms with Crippen LogP contribution in [0.25, 0.3) is 0 Å². The van der Waals surface area contributed by atoms with Crippen molar-refractivity contribution in [2.24, 2.45) is 0 Å². The molecule has 16 heavy (non-hydrogen) atoms. The van der Waals surface area contributed by atoms with Crippen LogP contribution in [-0.4, -0.2) is 37.3 Å². The van der Waals surface area contributed by atoms with Crippen LogP contribution in [-0.2, 0) is 13.1 Å². The first-order valence-electron chi connectivity index (χ1n) is 6.02. The molecule has 0 radical (unpaired) electrons. The first-order valence-corrected chi connectivity index (χ1v) is 7.07. The van der Waals surface area contributed by atoms with Gasteiger partial charge in [0.15, 0.2) is 5.82 Å². The molecule has 2 fully saturated rings. The average molecular weight is 239 g/mol. The number of rotatable bonds is 5. The molecule has 3 rings (SSSR count). The fraction of sp³-hybridized carbons (Fsp3) is 0.900. The first kappa shape index (κ1) is 10.5. The van der Waals surface area contributed by atoms with Gasteiger partial charge in [0.25, 0.3) is 0 Å². The van der Waals surface area contributed by atoms with Gasteiger partial charge in [0, 0.05) is 11.3 Å². The van der Waals surface area contributed by atoms with Crippen LogP contribution in [0, 0.1) is 0 Å². The summed E-state index contributed by atoms with van der Waals surface area (Å²) in [5, 5.41) is 16.1. The maximum absolute atomic E-state index is 4.09. The van der Waals surface area contributed by atoms with Gasteiger partial charge in [-0.25, -0.2) is 4.68 Å². The molecule has 2 heterocycles. The molecular weight excluding hydrogens is 222 g/mol. The number of hydrogen-bond acceptors (Lipinski definition) is 5. The Morgan fingerprint density at radius 3 is 3.06 bits per heavy atom. The zero-order chi connectivity index (χ0) is 10.8. The summed E-state index contributed by atoms with van der Waals surface area (Å²) >= 11 is 2.05. The molecule has 1 N–H and O–H groups in total. The van der Waals surface area contributed by atoms with Crippen molar-refractivity contribution < 1.29 is 0 Å². The van der Waals surface area contributed by atoms with Crippen LogP contribution in [0.2, 0.25) is 0 Å². The Morgan fingerprint density at radius 1 is 1.38 bits per heavy atom. The van der Waals surface area contributed by atoms with Crippen molar-refractivity contribution >= 4 is 11.8 Å². The Balaban J connectivity index is 1.57. The van der Waals surface area contributed by atoms with Crippen molar-refractivity contribution in [1.82, 2.24) is 25.5 Å². The van der Waals surface area contributed by atoms with Crippen molar-refractivity contribution in [3.8, 4) is 0 Å². The van der Waals surface area contributed by atoms with E-state index in [1.54, 1.807) is 0 Å². The van der Waals surface area contributed by atoms with Crippen LogP contribution >= 0.6 is 11.8 Å². The Hall–Kier alpha value is -0.620. The van der Waals surface area contributed by atoms with E-state index in [1.807, 2.05) is 16.4 Å². The monoisotopic (exact) mass is 239 g/mol. The summed E-state index contributed by atoms with van der Waals surface area (Å²) in [4.78, 5) is 0. The average Bonchev–Trinajstić information content (AvgIpc) is 2.79. The lowest BCUT2D eigenvalue weighted by Crippen LogP contribution is -2.21. The fourth-order valence-corrected chi connectivity index (χ4v) is 3.24. The maximum atomic E-state index is 4.09. The number of aromatic nitrogens is 4. The quantitative estimate of drug-likeness (QED) is 0.824. The fourth-order valence-electron chi connectivity index (χ4n) is 2.00. The molecule has 2 aliphatic rings. The smallest absolute Gasteiger partial charge is 0.165 e. The molecule has 1 unspecified atom stereocenters. The molecule has 88 valence electrons. The molecule has 0 spiro atoms. The Labute approximate surface area is 99.4 Å². The Bertz CT molecular complexity index is 343. The van der Waals surface area contributed by atoms with Crippen molar-refractivity contribution in [2.45, 2.75) is 50.1 Å². The van der Waals surface area contributed by atoms with Crippen LogP contribution in [0.1, 0.15) is 31.5 Å². The van der Waals surface area contributed by atoms with E-state index < -0.39 is 0 Å². The summed E-state index contributed by atoms with van der Waals surface area (Å²) in [6.45, 7) is 1.79. The summed E-state index contributed by atoms with van der Waals surface area (Å²) in [7, 11) is 0. The molecule has 1 aliphatic heterocycles. The molecular formula is C10H17N5S. The summed E-state index contributed by atoms with van der Waals surface area (Å²) < 4.78 is 1.97. The lowest BCUT2D eigenvalue weighted by molar-refractivity contribution is 0.522. The molecule has 1 aliphatic carbocycles. The topological polar surface area (TPSA) is 55.6 Å². The van der Waals surface area contributed by atoms with Crippen LogP contribution in [0.5, 0.6) is 0 Å². The van der Waals surface area contributed by atoms with E-state index in [-0.39, 0.29) is 0 Å². The van der Waals surface area contributed by atoms with E-state index in [9.17, 15) is 0 Å². The summed E-state index contributed by atoms with van der Waals surface area (Å²) in [6, 6.07) is 0.714. The summed E-state index contributed by atoms with van der Waals surface area (Å²) in [5.41, 5.74) is 0. The minimum absolute atomic E-state index is 0.711. The molecule has 0 amide bonds. The third kappa shape index (κ3) is 2.55. The maximum Gasteiger partial charge on any atom is 0.165 e. The van der Waals surface area contributed by atoms with Gasteiger partial charge in [0.1, 0.15) is 0 Å². The predicted octanol–water partition coefficient (Wildman–Crippen LogP) is 0.821. The van der Waals surface area contributed by atoms with E-state index in [0.717, 1.165) is 18.9 Å². The summed E-state index contributed by atoms with van der Waals surface area (Å²) in [6.07, 6.45) is 5.26. The SMILES string of the molecule is C1CSC(Cn2nnnc2CNC2CC2)C1. The zero-order valence-corrected chi connectivity index (χ0v) is 10.1. The van der Waals surface area contributed by atoms with Gasteiger partial charge in [0.05, 0.1) is 13.1 Å². The van der Waals surface area contributed by atoms with E-state index in [0.29, 0.717) is 11.3 Å². The van der Waals surface area contributed by atoms with Gasteiger partial charge in [-0.05, 0) is 41.9 Å². The molecule has 0 aromatic carbocycles. The minimum Gasteiger partial charge on any atom is -0.307 e. The molecule has 0 bridgehead atoms. The third-order valence-electron chi connectivity index (χ3n) is 3.13. The number of thioether (sulfide) groups is 1. The van der Waals surface area contributed by atoms with Crippen molar-refractivity contribution in [3.05, 3.63) is 5.82 Å². The molecule has 6 heteroatoms. The number of tetrazole rings is 1. The number of hydrogen-bond donors (Lipinski definition) is 1. The number of nitrogens with one attached hydrogen (secondary N) is 1. The predicted molar refractivity (Wildman–Crippen MR) is 63.2 cm³/mol. The van der Waals surface area contributed by atoms with Gasteiger partial charge in [0.2, 0.25) is 0 Å². The third-order valence-corrected chi connectivity index (χ3v) is 4.51. The van der Waals surface area contributed by atoms with Crippen molar-refractivity contribution in [2.75, 3.05) is 5.75 Å². The molecule has 5 nitrogen and oxygen atoms in total. The van der Waals surface area contributed by atoms with E-state index in [4.69, 9.17) is 0 Å². The van der Waals surface area contributed by atoms with Crippen LogP contribution < -0.4 is 5.32 Å². The largest absolute Gasteiger partial charge is 0.307 e. The highest BCUT2D eigenvalue weighted by Crippen LogP contribution is 2.27. The molecule has 1 atom stereocenters.